The fourth-order valence-electron chi connectivity index (χ4n) is 3.61. The molecular formula is C22H24ClN3O4. The zero-order chi connectivity index (χ0) is 20.9. The average molecular weight is 430 g/mol. The molecule has 1 saturated heterocycles. The molecule has 2 aliphatic rings. The van der Waals surface area contributed by atoms with Crippen LogP contribution in [0.1, 0.15) is 19.3 Å². The Morgan fingerprint density at radius 3 is 2.50 bits per heavy atom. The summed E-state index contributed by atoms with van der Waals surface area (Å²) in [7, 11) is 0. The predicted molar refractivity (Wildman–Crippen MR) is 115 cm³/mol. The first-order chi connectivity index (χ1) is 14.6. The number of fused-ring (bicyclic) bond motifs is 1. The fourth-order valence-corrected chi connectivity index (χ4v) is 3.82. The molecule has 7 nitrogen and oxygen atoms in total. The number of benzene rings is 2. The van der Waals surface area contributed by atoms with Crippen LogP contribution in [0.25, 0.3) is 0 Å². The molecule has 4 rings (SSSR count). The van der Waals surface area contributed by atoms with Crippen LogP contribution >= 0.6 is 11.6 Å². The predicted octanol–water partition coefficient (Wildman–Crippen LogP) is 4.38. The molecule has 3 amide bonds. The third-order valence-corrected chi connectivity index (χ3v) is 5.51. The number of carbonyl (C=O) groups excluding carboxylic acids is 2. The summed E-state index contributed by atoms with van der Waals surface area (Å²) in [6, 6.07) is 12.4. The molecule has 1 fully saturated rings. The maximum Gasteiger partial charge on any atom is 0.321 e. The van der Waals surface area contributed by atoms with Gasteiger partial charge in [-0.25, -0.2) is 4.79 Å². The number of likely N-dealkylation sites (tertiary alicyclic amines) is 1. The minimum absolute atomic E-state index is 0.163. The second-order valence-corrected chi connectivity index (χ2v) is 7.81. The number of urea groups is 1. The normalized spacial score (nSPS) is 18.3. The lowest BCUT2D eigenvalue weighted by Crippen LogP contribution is -2.45. The number of rotatable bonds is 3. The standard InChI is InChI=1S/C22H24ClN3O4/c23-17-12-19-20(30-11-5-10-29-19)13-18(17)25-21(27)15-6-4-9-26(14-15)22(28)24-16-7-2-1-3-8-16/h1-3,7-8,12-13,15H,4-6,9-11,14H2,(H,24,28)(H,25,27)/t15-/m0/s1. The van der Waals surface area contributed by atoms with Crippen LogP contribution in [-0.2, 0) is 4.79 Å². The van der Waals surface area contributed by atoms with Gasteiger partial charge in [0.2, 0.25) is 5.91 Å². The van der Waals surface area contributed by atoms with E-state index in [1.807, 2.05) is 30.3 Å². The molecule has 30 heavy (non-hydrogen) atoms. The van der Waals surface area contributed by atoms with Crippen LogP contribution < -0.4 is 20.1 Å². The summed E-state index contributed by atoms with van der Waals surface area (Å²) in [6.07, 6.45) is 2.26. The Labute approximate surface area is 180 Å². The summed E-state index contributed by atoms with van der Waals surface area (Å²) in [5.74, 6) is 0.674. The first-order valence-electron chi connectivity index (χ1n) is 10.1. The highest BCUT2D eigenvalue weighted by Crippen LogP contribution is 2.38. The summed E-state index contributed by atoms with van der Waals surface area (Å²) in [4.78, 5) is 27.1. The Kier molecular flexibility index (Phi) is 6.28. The van der Waals surface area contributed by atoms with Gasteiger partial charge in [-0.3, -0.25) is 4.79 Å². The zero-order valence-corrected chi connectivity index (χ0v) is 17.3. The maximum absolute atomic E-state index is 12.9. The van der Waals surface area contributed by atoms with E-state index in [0.29, 0.717) is 54.9 Å². The molecule has 2 aliphatic heterocycles. The molecule has 158 valence electrons. The highest BCUT2D eigenvalue weighted by Gasteiger charge is 2.29. The minimum Gasteiger partial charge on any atom is -0.490 e. The Morgan fingerprint density at radius 2 is 1.73 bits per heavy atom. The Hall–Kier alpha value is -2.93. The van der Waals surface area contributed by atoms with E-state index in [0.717, 1.165) is 18.5 Å². The number of hydrogen-bond acceptors (Lipinski definition) is 4. The van der Waals surface area contributed by atoms with Crippen molar-refractivity contribution in [1.29, 1.82) is 0 Å². The first-order valence-corrected chi connectivity index (χ1v) is 10.5. The Balaban J connectivity index is 1.40. The highest BCUT2D eigenvalue weighted by molar-refractivity contribution is 6.34. The van der Waals surface area contributed by atoms with Crippen LogP contribution in [0.2, 0.25) is 5.02 Å². The molecule has 2 aromatic carbocycles. The number of anilines is 2. The van der Waals surface area contributed by atoms with Gasteiger partial charge in [-0.2, -0.15) is 0 Å². The van der Waals surface area contributed by atoms with Gasteiger partial charge in [-0.1, -0.05) is 29.8 Å². The molecule has 0 radical (unpaired) electrons. The van der Waals surface area contributed by atoms with E-state index in [4.69, 9.17) is 21.1 Å². The van der Waals surface area contributed by atoms with E-state index in [9.17, 15) is 9.59 Å². The van der Waals surface area contributed by atoms with E-state index in [-0.39, 0.29) is 17.9 Å². The lowest BCUT2D eigenvalue weighted by Gasteiger charge is -2.32. The second kappa shape index (κ2) is 9.26. The molecule has 0 saturated carbocycles. The van der Waals surface area contributed by atoms with Gasteiger partial charge in [0.05, 0.1) is 29.8 Å². The maximum atomic E-state index is 12.9. The minimum atomic E-state index is -0.313. The highest BCUT2D eigenvalue weighted by atomic mass is 35.5. The summed E-state index contributed by atoms with van der Waals surface area (Å²) < 4.78 is 11.3. The summed E-state index contributed by atoms with van der Waals surface area (Å²) in [5.41, 5.74) is 1.21. The van der Waals surface area contributed by atoms with Crippen LogP contribution in [0.15, 0.2) is 42.5 Å². The van der Waals surface area contributed by atoms with Crippen LogP contribution in [0, 0.1) is 5.92 Å². The smallest absolute Gasteiger partial charge is 0.321 e. The van der Waals surface area contributed by atoms with Gasteiger partial charge in [-0.05, 0) is 25.0 Å². The van der Waals surface area contributed by atoms with E-state index in [2.05, 4.69) is 10.6 Å². The number of carbonyl (C=O) groups is 2. The van der Waals surface area contributed by atoms with Crippen LogP contribution in [-0.4, -0.2) is 43.1 Å². The lowest BCUT2D eigenvalue weighted by molar-refractivity contribution is -0.121. The SMILES string of the molecule is O=C(Nc1cc2c(cc1Cl)OCCCO2)[C@H]1CCCN(C(=O)Nc2ccccc2)C1. The Morgan fingerprint density at radius 1 is 1.00 bits per heavy atom. The van der Waals surface area contributed by atoms with Crippen LogP contribution in [0.5, 0.6) is 11.5 Å². The number of piperidine rings is 1. The molecule has 2 N–H and O–H groups in total. The lowest BCUT2D eigenvalue weighted by atomic mass is 9.97. The quantitative estimate of drug-likeness (QED) is 0.758. The number of nitrogens with one attached hydrogen (secondary N) is 2. The van der Waals surface area contributed by atoms with E-state index < -0.39 is 0 Å². The largest absolute Gasteiger partial charge is 0.490 e. The number of hydrogen-bond donors (Lipinski definition) is 2. The average Bonchev–Trinajstić information content (AvgIpc) is 2.99. The number of nitrogens with zero attached hydrogens (tertiary/aromatic N) is 1. The zero-order valence-electron chi connectivity index (χ0n) is 16.5. The molecule has 0 bridgehead atoms. The third-order valence-electron chi connectivity index (χ3n) is 5.20. The number of halogens is 1. The van der Waals surface area contributed by atoms with E-state index in [1.165, 1.54) is 0 Å². The fraction of sp³-hybridized carbons (Fsp3) is 0.364. The summed E-state index contributed by atoms with van der Waals surface area (Å²) in [6.45, 7) is 2.09. The van der Waals surface area contributed by atoms with E-state index >= 15 is 0 Å². The van der Waals surface area contributed by atoms with Gasteiger partial charge in [0, 0.05) is 37.3 Å². The van der Waals surface area contributed by atoms with Crippen molar-refractivity contribution in [2.45, 2.75) is 19.3 Å². The van der Waals surface area contributed by atoms with Crippen molar-refractivity contribution in [3.63, 3.8) is 0 Å². The van der Waals surface area contributed by atoms with Gasteiger partial charge in [0.1, 0.15) is 0 Å². The molecule has 0 aliphatic carbocycles. The second-order valence-electron chi connectivity index (χ2n) is 7.40. The topological polar surface area (TPSA) is 79.9 Å². The van der Waals surface area contributed by atoms with Gasteiger partial charge in [0.25, 0.3) is 0 Å². The van der Waals surface area contributed by atoms with Crippen molar-refractivity contribution >= 4 is 34.9 Å². The molecule has 2 aromatic rings. The van der Waals surface area contributed by atoms with Crippen molar-refractivity contribution in [3.8, 4) is 11.5 Å². The molecule has 2 heterocycles. The van der Waals surface area contributed by atoms with Crippen molar-refractivity contribution in [3.05, 3.63) is 47.5 Å². The number of para-hydroxylation sites is 1. The summed E-state index contributed by atoms with van der Waals surface area (Å²) in [5, 5.41) is 6.16. The molecular weight excluding hydrogens is 406 g/mol. The Bertz CT molecular complexity index is 922. The summed E-state index contributed by atoms with van der Waals surface area (Å²) >= 11 is 6.34. The van der Waals surface area contributed by atoms with Gasteiger partial charge >= 0.3 is 6.03 Å². The van der Waals surface area contributed by atoms with E-state index in [1.54, 1.807) is 17.0 Å². The van der Waals surface area contributed by atoms with Gasteiger partial charge in [-0.15, -0.1) is 0 Å². The number of amides is 3. The molecule has 0 unspecified atom stereocenters. The van der Waals surface area contributed by atoms with Gasteiger partial charge < -0.3 is 25.0 Å². The van der Waals surface area contributed by atoms with Crippen molar-refractivity contribution in [2.75, 3.05) is 36.9 Å². The van der Waals surface area contributed by atoms with Crippen LogP contribution in [0.3, 0.4) is 0 Å². The first kappa shape index (κ1) is 20.3. The molecule has 8 heteroatoms. The van der Waals surface area contributed by atoms with Crippen LogP contribution in [0.4, 0.5) is 16.2 Å². The third kappa shape index (κ3) is 4.79. The van der Waals surface area contributed by atoms with Crippen molar-refractivity contribution in [2.24, 2.45) is 5.92 Å². The molecule has 0 spiro atoms. The monoisotopic (exact) mass is 429 g/mol. The van der Waals surface area contributed by atoms with Gasteiger partial charge in [0.15, 0.2) is 11.5 Å². The number of ether oxygens (including phenoxy) is 2. The van der Waals surface area contributed by atoms with Crippen molar-refractivity contribution < 1.29 is 19.1 Å². The van der Waals surface area contributed by atoms with Crippen molar-refractivity contribution in [1.82, 2.24) is 4.90 Å². The molecule has 1 atom stereocenters. The molecule has 0 aromatic heterocycles.